The summed E-state index contributed by atoms with van der Waals surface area (Å²) < 4.78 is 4.94. The van der Waals surface area contributed by atoms with Gasteiger partial charge in [-0.15, -0.1) is 0 Å². The molecule has 1 aromatic carbocycles. The monoisotopic (exact) mass is 188 g/mol. The summed E-state index contributed by atoms with van der Waals surface area (Å²) in [5, 5.41) is 0.680. The highest BCUT2D eigenvalue weighted by Gasteiger charge is 2.07. The van der Waals surface area contributed by atoms with Gasteiger partial charge in [-0.05, 0) is 13.0 Å². The van der Waals surface area contributed by atoms with E-state index in [0.717, 1.165) is 0 Å². The van der Waals surface area contributed by atoms with Gasteiger partial charge in [-0.3, -0.25) is 4.79 Å². The van der Waals surface area contributed by atoms with Crippen LogP contribution in [0.1, 0.15) is 17.3 Å². The van der Waals surface area contributed by atoms with E-state index in [-0.39, 0.29) is 5.78 Å². The van der Waals surface area contributed by atoms with Crippen molar-refractivity contribution in [3.05, 3.63) is 46.3 Å². The van der Waals surface area contributed by atoms with Gasteiger partial charge < -0.3 is 4.42 Å². The molecule has 0 fully saturated rings. The molecular formula is C11H8O3. The molecule has 1 heterocycles. The minimum Gasteiger partial charge on any atom is -0.423 e. The molecule has 0 aliphatic rings. The van der Waals surface area contributed by atoms with Gasteiger partial charge in [-0.2, -0.15) is 0 Å². The SMILES string of the molecule is CC(=O)c1cc(=O)oc2ccccc12. The molecule has 0 radical (unpaired) electrons. The summed E-state index contributed by atoms with van der Waals surface area (Å²) in [6.07, 6.45) is 0. The van der Waals surface area contributed by atoms with Crippen LogP contribution < -0.4 is 5.63 Å². The number of carbonyl (C=O) groups is 1. The van der Waals surface area contributed by atoms with E-state index < -0.39 is 5.63 Å². The summed E-state index contributed by atoms with van der Waals surface area (Å²) in [5.74, 6) is -0.130. The fourth-order valence-corrected chi connectivity index (χ4v) is 1.40. The number of benzene rings is 1. The maximum Gasteiger partial charge on any atom is 0.336 e. The van der Waals surface area contributed by atoms with Crippen LogP contribution in [0.15, 0.2) is 39.5 Å². The Kier molecular flexibility index (Phi) is 1.93. The highest BCUT2D eigenvalue weighted by atomic mass is 16.4. The summed E-state index contributed by atoms with van der Waals surface area (Å²) in [4.78, 5) is 22.3. The molecule has 0 saturated carbocycles. The average Bonchev–Trinajstić information content (AvgIpc) is 2.16. The van der Waals surface area contributed by atoms with Gasteiger partial charge in [0.25, 0.3) is 0 Å². The second-order valence-corrected chi connectivity index (χ2v) is 3.03. The quantitative estimate of drug-likeness (QED) is 0.508. The fourth-order valence-electron chi connectivity index (χ4n) is 1.40. The van der Waals surface area contributed by atoms with Gasteiger partial charge >= 0.3 is 5.63 Å². The van der Waals surface area contributed by atoms with E-state index in [9.17, 15) is 9.59 Å². The van der Waals surface area contributed by atoms with Crippen LogP contribution in [0.3, 0.4) is 0 Å². The Hall–Kier alpha value is -1.90. The van der Waals surface area contributed by atoms with Gasteiger partial charge in [0.15, 0.2) is 5.78 Å². The predicted octanol–water partition coefficient (Wildman–Crippen LogP) is 2.00. The molecule has 0 aliphatic heterocycles. The van der Waals surface area contributed by atoms with Crippen molar-refractivity contribution in [3.63, 3.8) is 0 Å². The first-order chi connectivity index (χ1) is 6.68. The predicted molar refractivity (Wildman–Crippen MR) is 52.5 cm³/mol. The highest BCUT2D eigenvalue weighted by molar-refractivity contribution is 6.05. The van der Waals surface area contributed by atoms with E-state index in [1.54, 1.807) is 24.3 Å². The third kappa shape index (κ3) is 1.33. The average molecular weight is 188 g/mol. The molecule has 0 saturated heterocycles. The van der Waals surface area contributed by atoms with E-state index in [2.05, 4.69) is 0 Å². The number of ketones is 1. The lowest BCUT2D eigenvalue weighted by Gasteiger charge is -1.99. The third-order valence-corrected chi connectivity index (χ3v) is 2.03. The van der Waals surface area contributed by atoms with E-state index in [1.165, 1.54) is 13.0 Å². The molecule has 0 amide bonds. The van der Waals surface area contributed by atoms with Gasteiger partial charge in [0.1, 0.15) is 5.58 Å². The zero-order chi connectivity index (χ0) is 10.1. The van der Waals surface area contributed by atoms with Crippen molar-refractivity contribution in [3.8, 4) is 0 Å². The lowest BCUT2D eigenvalue weighted by atomic mass is 10.1. The van der Waals surface area contributed by atoms with Gasteiger partial charge in [-0.1, -0.05) is 18.2 Å². The number of carbonyl (C=O) groups excluding carboxylic acids is 1. The second kappa shape index (κ2) is 3.10. The summed E-state index contributed by atoms with van der Waals surface area (Å²) in [6.45, 7) is 1.43. The Morgan fingerprint density at radius 1 is 1.29 bits per heavy atom. The van der Waals surface area contributed by atoms with Crippen LogP contribution in [0.5, 0.6) is 0 Å². The molecule has 14 heavy (non-hydrogen) atoms. The number of Topliss-reactive ketones (excluding diaryl/α,β-unsaturated/α-hetero) is 1. The van der Waals surface area contributed by atoms with Crippen molar-refractivity contribution in [2.75, 3.05) is 0 Å². The van der Waals surface area contributed by atoms with E-state index >= 15 is 0 Å². The van der Waals surface area contributed by atoms with Crippen LogP contribution >= 0.6 is 0 Å². The smallest absolute Gasteiger partial charge is 0.336 e. The van der Waals surface area contributed by atoms with Gasteiger partial charge in [0, 0.05) is 17.0 Å². The lowest BCUT2D eigenvalue weighted by Crippen LogP contribution is -2.03. The first-order valence-electron chi connectivity index (χ1n) is 4.22. The number of hydrogen-bond acceptors (Lipinski definition) is 3. The molecule has 2 rings (SSSR count). The molecule has 0 atom stereocenters. The van der Waals surface area contributed by atoms with Crippen LogP contribution in [0.25, 0.3) is 11.0 Å². The number of fused-ring (bicyclic) bond motifs is 1. The third-order valence-electron chi connectivity index (χ3n) is 2.03. The van der Waals surface area contributed by atoms with E-state index in [0.29, 0.717) is 16.5 Å². The largest absolute Gasteiger partial charge is 0.423 e. The maximum absolute atomic E-state index is 11.2. The van der Waals surface area contributed by atoms with Gasteiger partial charge in [-0.25, -0.2) is 4.79 Å². The minimum atomic E-state index is -0.492. The highest BCUT2D eigenvalue weighted by Crippen LogP contribution is 2.16. The number of para-hydroxylation sites is 1. The molecule has 0 N–H and O–H groups in total. The molecule has 3 nitrogen and oxygen atoms in total. The summed E-state index contributed by atoms with van der Waals surface area (Å²) in [5.41, 5.74) is 0.371. The second-order valence-electron chi connectivity index (χ2n) is 3.03. The Balaban J connectivity index is 2.94. The standard InChI is InChI=1S/C11H8O3/c1-7(12)9-6-11(13)14-10-5-3-2-4-8(9)10/h2-6H,1H3. The number of rotatable bonds is 1. The van der Waals surface area contributed by atoms with Crippen molar-refractivity contribution < 1.29 is 9.21 Å². The molecule has 1 aromatic heterocycles. The van der Waals surface area contributed by atoms with Crippen molar-refractivity contribution in [2.24, 2.45) is 0 Å². The molecule has 2 aromatic rings. The lowest BCUT2D eigenvalue weighted by molar-refractivity contribution is 0.101. The van der Waals surface area contributed by atoms with E-state index in [1.807, 2.05) is 0 Å². The minimum absolute atomic E-state index is 0.130. The van der Waals surface area contributed by atoms with Crippen molar-refractivity contribution in [2.45, 2.75) is 6.92 Å². The van der Waals surface area contributed by atoms with Gasteiger partial charge in [0.05, 0.1) is 0 Å². The molecule has 0 unspecified atom stereocenters. The summed E-state index contributed by atoms with van der Waals surface area (Å²) in [7, 11) is 0. The van der Waals surface area contributed by atoms with Crippen LogP contribution in [-0.2, 0) is 0 Å². The van der Waals surface area contributed by atoms with Crippen LogP contribution in [0.4, 0.5) is 0 Å². The van der Waals surface area contributed by atoms with Gasteiger partial charge in [0.2, 0.25) is 0 Å². The Labute approximate surface area is 80.0 Å². The zero-order valence-corrected chi connectivity index (χ0v) is 7.61. The van der Waals surface area contributed by atoms with E-state index in [4.69, 9.17) is 4.42 Å². The van der Waals surface area contributed by atoms with Crippen LogP contribution in [0, 0.1) is 0 Å². The molecular weight excluding hydrogens is 180 g/mol. The molecule has 70 valence electrons. The molecule has 0 bridgehead atoms. The molecule has 3 heteroatoms. The Morgan fingerprint density at radius 3 is 2.71 bits per heavy atom. The topological polar surface area (TPSA) is 47.3 Å². The van der Waals surface area contributed by atoms with Crippen molar-refractivity contribution in [1.82, 2.24) is 0 Å². The fraction of sp³-hybridized carbons (Fsp3) is 0.0909. The van der Waals surface area contributed by atoms with Crippen molar-refractivity contribution >= 4 is 16.8 Å². The Morgan fingerprint density at radius 2 is 2.00 bits per heavy atom. The summed E-state index contributed by atoms with van der Waals surface area (Å²) in [6, 6.07) is 8.22. The van der Waals surface area contributed by atoms with Crippen molar-refractivity contribution in [1.29, 1.82) is 0 Å². The molecule has 0 spiro atoms. The molecule has 0 aliphatic carbocycles. The first-order valence-corrected chi connectivity index (χ1v) is 4.22. The normalized spacial score (nSPS) is 10.4. The first kappa shape index (κ1) is 8.69. The number of hydrogen-bond donors (Lipinski definition) is 0. The van der Waals surface area contributed by atoms with Crippen LogP contribution in [0.2, 0.25) is 0 Å². The summed E-state index contributed by atoms with van der Waals surface area (Å²) >= 11 is 0. The Bertz CT molecular complexity index is 552. The van der Waals surface area contributed by atoms with Crippen LogP contribution in [-0.4, -0.2) is 5.78 Å². The maximum atomic E-state index is 11.2. The zero-order valence-electron chi connectivity index (χ0n) is 7.61.